The minimum Gasteiger partial charge on any atom is -0.339 e. The second kappa shape index (κ2) is 6.15. The third-order valence-electron chi connectivity index (χ3n) is 4.48. The van der Waals surface area contributed by atoms with Crippen molar-refractivity contribution in [3.8, 4) is 0 Å². The van der Waals surface area contributed by atoms with E-state index in [1.54, 1.807) is 0 Å². The van der Waals surface area contributed by atoms with Crippen LogP contribution in [0.4, 0.5) is 0 Å². The molecule has 1 aromatic carbocycles. The van der Waals surface area contributed by atoms with E-state index < -0.39 is 0 Å². The average molecular weight is 293 g/mol. The number of halogens is 1. The van der Waals surface area contributed by atoms with Gasteiger partial charge < -0.3 is 10.2 Å². The van der Waals surface area contributed by atoms with Gasteiger partial charge in [-0.1, -0.05) is 29.8 Å². The highest BCUT2D eigenvalue weighted by Gasteiger charge is 2.34. The number of carbonyl (C=O) groups is 1. The molecule has 1 N–H and O–H groups in total. The lowest BCUT2D eigenvalue weighted by Crippen LogP contribution is -2.41. The largest absolute Gasteiger partial charge is 0.339 e. The van der Waals surface area contributed by atoms with Gasteiger partial charge in [-0.2, -0.15) is 0 Å². The smallest absolute Gasteiger partial charge is 0.227 e. The number of carbonyl (C=O) groups excluding carboxylic acids is 1. The van der Waals surface area contributed by atoms with Crippen molar-refractivity contribution in [2.24, 2.45) is 5.92 Å². The minimum atomic E-state index is 0.182. The van der Waals surface area contributed by atoms with Crippen LogP contribution in [0.25, 0.3) is 0 Å². The lowest BCUT2D eigenvalue weighted by Gasteiger charge is -2.27. The number of likely N-dealkylation sites (tertiary alicyclic amines) is 1. The van der Waals surface area contributed by atoms with E-state index >= 15 is 0 Å². The summed E-state index contributed by atoms with van der Waals surface area (Å²) < 4.78 is 0. The number of hydrogen-bond acceptors (Lipinski definition) is 2. The highest BCUT2D eigenvalue weighted by Crippen LogP contribution is 2.27. The Labute approximate surface area is 125 Å². The molecule has 2 aliphatic rings. The zero-order valence-corrected chi connectivity index (χ0v) is 12.4. The number of benzene rings is 1. The third-order valence-corrected chi connectivity index (χ3v) is 4.85. The number of rotatable bonds is 3. The Morgan fingerprint density at radius 1 is 1.35 bits per heavy atom. The summed E-state index contributed by atoms with van der Waals surface area (Å²) in [4.78, 5) is 14.7. The monoisotopic (exact) mass is 292 g/mol. The van der Waals surface area contributed by atoms with Crippen molar-refractivity contribution in [2.45, 2.75) is 31.7 Å². The molecule has 3 rings (SSSR count). The predicted molar refractivity (Wildman–Crippen MR) is 80.9 cm³/mol. The van der Waals surface area contributed by atoms with Gasteiger partial charge in [0.1, 0.15) is 0 Å². The molecule has 108 valence electrons. The fourth-order valence-corrected chi connectivity index (χ4v) is 3.57. The van der Waals surface area contributed by atoms with E-state index in [9.17, 15) is 4.79 Å². The van der Waals surface area contributed by atoms with Crippen LogP contribution in [0.15, 0.2) is 24.3 Å². The molecule has 2 aliphatic heterocycles. The standard InChI is InChI=1S/C16H21ClN2O/c17-15-6-2-1-4-12(15)10-14-5-3-9-19(14)16(20)13-7-8-18-11-13/h1-2,4,6,13-14,18H,3,5,7-11H2. The summed E-state index contributed by atoms with van der Waals surface area (Å²) in [5.74, 6) is 0.520. The molecular weight excluding hydrogens is 272 g/mol. The van der Waals surface area contributed by atoms with Crippen LogP contribution in [0.1, 0.15) is 24.8 Å². The summed E-state index contributed by atoms with van der Waals surface area (Å²) in [7, 11) is 0. The molecule has 1 aromatic rings. The first-order valence-electron chi connectivity index (χ1n) is 7.50. The first-order chi connectivity index (χ1) is 9.75. The first-order valence-corrected chi connectivity index (χ1v) is 7.88. The van der Waals surface area contributed by atoms with Gasteiger partial charge in [0.2, 0.25) is 5.91 Å². The van der Waals surface area contributed by atoms with Gasteiger partial charge in [0.25, 0.3) is 0 Å². The van der Waals surface area contributed by atoms with Gasteiger partial charge in [-0.15, -0.1) is 0 Å². The molecule has 20 heavy (non-hydrogen) atoms. The molecular formula is C16H21ClN2O. The van der Waals surface area contributed by atoms with Crippen LogP contribution in [-0.4, -0.2) is 36.5 Å². The van der Waals surface area contributed by atoms with Gasteiger partial charge in [-0.25, -0.2) is 0 Å². The van der Waals surface area contributed by atoms with E-state index in [-0.39, 0.29) is 5.92 Å². The Hall–Kier alpha value is -1.06. The summed E-state index contributed by atoms with van der Waals surface area (Å²) in [6.07, 6.45) is 4.07. The Kier molecular flexibility index (Phi) is 4.27. The molecule has 2 heterocycles. The molecule has 3 nitrogen and oxygen atoms in total. The maximum atomic E-state index is 12.6. The van der Waals surface area contributed by atoms with E-state index in [0.717, 1.165) is 55.9 Å². The van der Waals surface area contributed by atoms with Crippen molar-refractivity contribution in [3.63, 3.8) is 0 Å². The molecule has 0 bridgehead atoms. The van der Waals surface area contributed by atoms with Crippen LogP contribution in [-0.2, 0) is 11.2 Å². The van der Waals surface area contributed by atoms with Crippen LogP contribution in [0, 0.1) is 5.92 Å². The van der Waals surface area contributed by atoms with Crippen LogP contribution in [0.2, 0.25) is 5.02 Å². The Bertz CT molecular complexity index is 485. The second-order valence-corrected chi connectivity index (χ2v) is 6.22. The van der Waals surface area contributed by atoms with Crippen molar-refractivity contribution >= 4 is 17.5 Å². The van der Waals surface area contributed by atoms with Gasteiger partial charge in [0, 0.05) is 24.2 Å². The third kappa shape index (κ3) is 2.84. The van der Waals surface area contributed by atoms with E-state index in [0.29, 0.717) is 11.9 Å². The second-order valence-electron chi connectivity index (χ2n) is 5.81. The molecule has 2 unspecified atom stereocenters. The molecule has 0 spiro atoms. The zero-order valence-electron chi connectivity index (χ0n) is 11.6. The Morgan fingerprint density at radius 2 is 2.20 bits per heavy atom. The molecule has 0 saturated carbocycles. The zero-order chi connectivity index (χ0) is 13.9. The minimum absolute atomic E-state index is 0.182. The maximum absolute atomic E-state index is 12.6. The van der Waals surface area contributed by atoms with Gasteiger partial charge in [-0.05, 0) is 43.9 Å². The number of amides is 1. The molecule has 0 aromatic heterocycles. The molecule has 2 atom stereocenters. The first kappa shape index (κ1) is 13.9. The average Bonchev–Trinajstić information content (AvgIpc) is 3.11. The van der Waals surface area contributed by atoms with Gasteiger partial charge >= 0.3 is 0 Å². The van der Waals surface area contributed by atoms with Crippen molar-refractivity contribution < 1.29 is 4.79 Å². The van der Waals surface area contributed by atoms with Crippen molar-refractivity contribution in [1.82, 2.24) is 10.2 Å². The summed E-state index contributed by atoms with van der Waals surface area (Å²) in [5.41, 5.74) is 1.16. The Morgan fingerprint density at radius 3 is 2.95 bits per heavy atom. The number of nitrogens with zero attached hydrogens (tertiary/aromatic N) is 1. The number of nitrogens with one attached hydrogen (secondary N) is 1. The molecule has 2 fully saturated rings. The van der Waals surface area contributed by atoms with Crippen LogP contribution in [0.5, 0.6) is 0 Å². The summed E-state index contributed by atoms with van der Waals surface area (Å²) in [6, 6.07) is 8.29. The van der Waals surface area contributed by atoms with Crippen LogP contribution >= 0.6 is 11.6 Å². The van der Waals surface area contributed by atoms with Crippen LogP contribution < -0.4 is 5.32 Å². The Balaban J connectivity index is 1.69. The molecule has 2 saturated heterocycles. The molecule has 4 heteroatoms. The maximum Gasteiger partial charge on any atom is 0.227 e. The van der Waals surface area contributed by atoms with Crippen molar-refractivity contribution in [3.05, 3.63) is 34.9 Å². The van der Waals surface area contributed by atoms with E-state index in [1.165, 1.54) is 0 Å². The van der Waals surface area contributed by atoms with Crippen molar-refractivity contribution in [2.75, 3.05) is 19.6 Å². The van der Waals surface area contributed by atoms with Crippen LogP contribution in [0.3, 0.4) is 0 Å². The van der Waals surface area contributed by atoms with E-state index in [1.807, 2.05) is 18.2 Å². The lowest BCUT2D eigenvalue weighted by molar-refractivity contribution is -0.135. The normalized spacial score (nSPS) is 26.1. The highest BCUT2D eigenvalue weighted by molar-refractivity contribution is 6.31. The van der Waals surface area contributed by atoms with E-state index in [4.69, 9.17) is 11.6 Å². The topological polar surface area (TPSA) is 32.3 Å². The summed E-state index contributed by atoms with van der Waals surface area (Å²) >= 11 is 6.24. The number of hydrogen-bond donors (Lipinski definition) is 1. The van der Waals surface area contributed by atoms with E-state index in [2.05, 4.69) is 16.3 Å². The quantitative estimate of drug-likeness (QED) is 0.928. The molecule has 1 amide bonds. The summed E-state index contributed by atoms with van der Waals surface area (Å²) in [6.45, 7) is 2.72. The fourth-order valence-electron chi connectivity index (χ4n) is 3.36. The summed E-state index contributed by atoms with van der Waals surface area (Å²) in [5, 5.41) is 4.10. The predicted octanol–water partition coefficient (Wildman–Crippen LogP) is 2.48. The van der Waals surface area contributed by atoms with Crippen molar-refractivity contribution in [1.29, 1.82) is 0 Å². The fraction of sp³-hybridized carbons (Fsp3) is 0.562. The molecule has 0 aliphatic carbocycles. The molecule has 0 radical (unpaired) electrons. The highest BCUT2D eigenvalue weighted by atomic mass is 35.5. The van der Waals surface area contributed by atoms with Gasteiger partial charge in [-0.3, -0.25) is 4.79 Å². The van der Waals surface area contributed by atoms with Gasteiger partial charge in [0.15, 0.2) is 0 Å². The van der Waals surface area contributed by atoms with Gasteiger partial charge in [0.05, 0.1) is 5.92 Å². The SMILES string of the molecule is O=C(C1CCNC1)N1CCCC1Cc1ccccc1Cl. The lowest BCUT2D eigenvalue weighted by atomic mass is 10.0.